The minimum atomic E-state index is -0.0979. The van der Waals surface area contributed by atoms with Crippen LogP contribution >= 0.6 is 0 Å². The minimum Gasteiger partial charge on any atom is -0.366 e. The standard InChI is InChI=1S/C15H18N4O/c16-9-8-15(20)19-13-6-7-14(18-11-13)17-10-12-4-2-1-3-5-12/h1-7,11H,8-10,16H2,(H,17,18)(H,19,20). The second-order valence-corrected chi connectivity index (χ2v) is 4.36. The van der Waals surface area contributed by atoms with Crippen LogP contribution in [0.2, 0.25) is 0 Å². The van der Waals surface area contributed by atoms with E-state index in [1.807, 2.05) is 30.3 Å². The first-order valence-electron chi connectivity index (χ1n) is 6.51. The highest BCUT2D eigenvalue weighted by Crippen LogP contribution is 2.11. The van der Waals surface area contributed by atoms with E-state index < -0.39 is 0 Å². The number of rotatable bonds is 6. The highest BCUT2D eigenvalue weighted by Gasteiger charge is 2.01. The SMILES string of the molecule is NCCC(=O)Nc1ccc(NCc2ccccc2)nc1. The van der Waals surface area contributed by atoms with Crippen LogP contribution in [0.15, 0.2) is 48.7 Å². The molecule has 0 saturated heterocycles. The Kier molecular flexibility index (Phi) is 5.08. The van der Waals surface area contributed by atoms with Gasteiger partial charge in [0, 0.05) is 19.5 Å². The van der Waals surface area contributed by atoms with Crippen LogP contribution in [0, 0.1) is 0 Å². The van der Waals surface area contributed by atoms with Gasteiger partial charge in [-0.3, -0.25) is 4.79 Å². The van der Waals surface area contributed by atoms with Gasteiger partial charge in [0.2, 0.25) is 5.91 Å². The van der Waals surface area contributed by atoms with E-state index in [4.69, 9.17) is 5.73 Å². The number of nitrogens with two attached hydrogens (primary N) is 1. The number of hydrogen-bond acceptors (Lipinski definition) is 4. The van der Waals surface area contributed by atoms with Gasteiger partial charge in [0.15, 0.2) is 0 Å². The Morgan fingerprint density at radius 2 is 1.95 bits per heavy atom. The Labute approximate surface area is 118 Å². The molecule has 5 nitrogen and oxygen atoms in total. The largest absolute Gasteiger partial charge is 0.366 e. The molecule has 20 heavy (non-hydrogen) atoms. The summed E-state index contributed by atoms with van der Waals surface area (Å²) in [4.78, 5) is 15.6. The third kappa shape index (κ3) is 4.37. The van der Waals surface area contributed by atoms with E-state index in [9.17, 15) is 4.79 Å². The molecule has 1 aromatic heterocycles. The maximum Gasteiger partial charge on any atom is 0.225 e. The fraction of sp³-hybridized carbons (Fsp3) is 0.200. The summed E-state index contributed by atoms with van der Waals surface area (Å²) in [5, 5.41) is 5.96. The summed E-state index contributed by atoms with van der Waals surface area (Å²) >= 11 is 0. The Morgan fingerprint density at radius 1 is 1.15 bits per heavy atom. The van der Waals surface area contributed by atoms with Crippen molar-refractivity contribution in [3.63, 3.8) is 0 Å². The molecule has 0 saturated carbocycles. The fourth-order valence-electron chi connectivity index (χ4n) is 1.72. The monoisotopic (exact) mass is 270 g/mol. The van der Waals surface area contributed by atoms with Crippen molar-refractivity contribution in [1.82, 2.24) is 4.98 Å². The number of nitrogens with one attached hydrogen (secondary N) is 2. The molecule has 0 bridgehead atoms. The lowest BCUT2D eigenvalue weighted by molar-refractivity contribution is -0.116. The van der Waals surface area contributed by atoms with Crippen LogP contribution in [0.1, 0.15) is 12.0 Å². The van der Waals surface area contributed by atoms with E-state index in [0.29, 0.717) is 25.2 Å². The van der Waals surface area contributed by atoms with Crippen molar-refractivity contribution in [2.45, 2.75) is 13.0 Å². The molecule has 1 amide bonds. The summed E-state index contributed by atoms with van der Waals surface area (Å²) < 4.78 is 0. The van der Waals surface area contributed by atoms with E-state index in [2.05, 4.69) is 27.8 Å². The third-order valence-electron chi connectivity index (χ3n) is 2.74. The second kappa shape index (κ2) is 7.25. The molecule has 0 aliphatic rings. The molecule has 104 valence electrons. The summed E-state index contributed by atoms with van der Waals surface area (Å²) in [5.41, 5.74) is 7.18. The van der Waals surface area contributed by atoms with Gasteiger partial charge < -0.3 is 16.4 Å². The van der Waals surface area contributed by atoms with Gasteiger partial charge in [0.1, 0.15) is 5.82 Å². The quantitative estimate of drug-likeness (QED) is 0.750. The summed E-state index contributed by atoms with van der Waals surface area (Å²) in [6.07, 6.45) is 1.94. The van der Waals surface area contributed by atoms with Gasteiger partial charge >= 0.3 is 0 Å². The van der Waals surface area contributed by atoms with Crippen molar-refractivity contribution in [3.8, 4) is 0 Å². The van der Waals surface area contributed by atoms with E-state index in [0.717, 1.165) is 5.82 Å². The second-order valence-electron chi connectivity index (χ2n) is 4.36. The molecule has 1 aromatic carbocycles. The Hall–Kier alpha value is -2.40. The van der Waals surface area contributed by atoms with Gasteiger partial charge in [-0.05, 0) is 17.7 Å². The number of benzene rings is 1. The van der Waals surface area contributed by atoms with Crippen LogP contribution in [0.4, 0.5) is 11.5 Å². The lowest BCUT2D eigenvalue weighted by atomic mass is 10.2. The number of carbonyl (C=O) groups excluding carboxylic acids is 1. The summed E-state index contributed by atoms with van der Waals surface area (Å²) in [6, 6.07) is 13.7. The lowest BCUT2D eigenvalue weighted by Gasteiger charge is -2.07. The molecule has 0 aliphatic heterocycles. The molecular formula is C15H18N4O. The van der Waals surface area contributed by atoms with Crippen molar-refractivity contribution in [1.29, 1.82) is 0 Å². The maximum atomic E-state index is 11.4. The van der Waals surface area contributed by atoms with E-state index >= 15 is 0 Å². The van der Waals surface area contributed by atoms with Gasteiger partial charge in [-0.25, -0.2) is 4.98 Å². The topological polar surface area (TPSA) is 80.0 Å². The molecule has 0 spiro atoms. The van der Waals surface area contributed by atoms with Crippen LogP contribution in [0.25, 0.3) is 0 Å². The zero-order chi connectivity index (χ0) is 14.2. The van der Waals surface area contributed by atoms with Crippen molar-refractivity contribution in [2.75, 3.05) is 17.2 Å². The van der Waals surface area contributed by atoms with Crippen LogP contribution in [-0.4, -0.2) is 17.4 Å². The smallest absolute Gasteiger partial charge is 0.225 e. The molecule has 5 heteroatoms. The first-order chi connectivity index (χ1) is 9.78. The first-order valence-corrected chi connectivity index (χ1v) is 6.51. The molecular weight excluding hydrogens is 252 g/mol. The molecule has 4 N–H and O–H groups in total. The number of nitrogens with zero attached hydrogens (tertiary/aromatic N) is 1. The normalized spacial score (nSPS) is 10.1. The predicted octanol–water partition coefficient (Wildman–Crippen LogP) is 1.98. The summed E-state index contributed by atoms with van der Waals surface area (Å²) in [5.74, 6) is 0.671. The maximum absolute atomic E-state index is 11.4. The van der Waals surface area contributed by atoms with Gasteiger partial charge in [-0.2, -0.15) is 0 Å². The lowest BCUT2D eigenvalue weighted by Crippen LogP contribution is -2.16. The Morgan fingerprint density at radius 3 is 2.60 bits per heavy atom. The molecule has 0 atom stereocenters. The average Bonchev–Trinajstić information content (AvgIpc) is 2.48. The Balaban J connectivity index is 1.87. The number of aromatic nitrogens is 1. The number of pyridine rings is 1. The molecule has 1 heterocycles. The van der Waals surface area contributed by atoms with Gasteiger partial charge in [-0.1, -0.05) is 30.3 Å². The molecule has 0 fully saturated rings. The zero-order valence-corrected chi connectivity index (χ0v) is 11.2. The zero-order valence-electron chi connectivity index (χ0n) is 11.2. The summed E-state index contributed by atoms with van der Waals surface area (Å²) in [6.45, 7) is 1.06. The number of anilines is 2. The van der Waals surface area contributed by atoms with Gasteiger partial charge in [0.25, 0.3) is 0 Å². The van der Waals surface area contributed by atoms with E-state index in [1.165, 1.54) is 5.56 Å². The number of carbonyl (C=O) groups is 1. The summed E-state index contributed by atoms with van der Waals surface area (Å²) in [7, 11) is 0. The van der Waals surface area contributed by atoms with Crippen LogP contribution in [0.5, 0.6) is 0 Å². The molecule has 0 radical (unpaired) electrons. The highest BCUT2D eigenvalue weighted by molar-refractivity contribution is 5.90. The van der Waals surface area contributed by atoms with E-state index in [1.54, 1.807) is 6.20 Å². The van der Waals surface area contributed by atoms with Crippen molar-refractivity contribution in [2.24, 2.45) is 5.73 Å². The van der Waals surface area contributed by atoms with Crippen LogP contribution in [0.3, 0.4) is 0 Å². The number of hydrogen-bond donors (Lipinski definition) is 3. The van der Waals surface area contributed by atoms with E-state index in [-0.39, 0.29) is 5.91 Å². The van der Waals surface area contributed by atoms with Gasteiger partial charge in [0.05, 0.1) is 11.9 Å². The van der Waals surface area contributed by atoms with Crippen molar-refractivity contribution >= 4 is 17.4 Å². The predicted molar refractivity (Wildman–Crippen MR) is 80.3 cm³/mol. The third-order valence-corrected chi connectivity index (χ3v) is 2.74. The minimum absolute atomic E-state index is 0.0979. The highest BCUT2D eigenvalue weighted by atomic mass is 16.1. The van der Waals surface area contributed by atoms with Crippen LogP contribution < -0.4 is 16.4 Å². The molecule has 0 aliphatic carbocycles. The fourth-order valence-corrected chi connectivity index (χ4v) is 1.72. The van der Waals surface area contributed by atoms with Crippen molar-refractivity contribution in [3.05, 3.63) is 54.2 Å². The molecule has 2 rings (SSSR count). The van der Waals surface area contributed by atoms with Crippen molar-refractivity contribution < 1.29 is 4.79 Å². The number of amides is 1. The van der Waals surface area contributed by atoms with Crippen LogP contribution in [-0.2, 0) is 11.3 Å². The average molecular weight is 270 g/mol. The van der Waals surface area contributed by atoms with Gasteiger partial charge in [-0.15, -0.1) is 0 Å². The molecule has 2 aromatic rings. The first kappa shape index (κ1) is 14.0. The molecule has 0 unspecified atom stereocenters. The Bertz CT molecular complexity index is 540.